The summed E-state index contributed by atoms with van der Waals surface area (Å²) in [6, 6.07) is 18.4. The van der Waals surface area contributed by atoms with Crippen LogP contribution < -0.4 is 4.90 Å². The van der Waals surface area contributed by atoms with Crippen molar-refractivity contribution in [2.75, 3.05) is 11.9 Å². The van der Waals surface area contributed by atoms with Gasteiger partial charge < -0.3 is 0 Å². The van der Waals surface area contributed by atoms with Gasteiger partial charge in [0.15, 0.2) is 0 Å². The quantitative estimate of drug-likeness (QED) is 0.721. The second kappa shape index (κ2) is 6.47. The van der Waals surface area contributed by atoms with E-state index in [4.69, 9.17) is 19.4 Å². The molecule has 4 heteroatoms. The van der Waals surface area contributed by atoms with E-state index >= 15 is 0 Å². The van der Waals surface area contributed by atoms with Crippen molar-refractivity contribution < 1.29 is 13.5 Å². The standard InChI is InChI=1S/C14H13N.2ClH.Ru/c1-12-8-6-7-11-14(12)15(2)13-9-4-3-5-10-13;;;/h1,3-11H,2H3;2*1H;/q;;;+2/p-2. The van der Waals surface area contributed by atoms with Gasteiger partial charge in [0.2, 0.25) is 0 Å². The summed E-state index contributed by atoms with van der Waals surface area (Å²) in [5.41, 5.74) is 3.34. The molecule has 0 N–H and O–H groups in total. The molecule has 0 bridgehead atoms. The van der Waals surface area contributed by atoms with Crippen LogP contribution in [0.25, 0.3) is 0 Å². The molecule has 0 fully saturated rings. The van der Waals surface area contributed by atoms with Gasteiger partial charge in [-0.2, -0.15) is 0 Å². The molecular weight excluding hydrogens is 354 g/mol. The maximum atomic E-state index is 5.97. The summed E-state index contributed by atoms with van der Waals surface area (Å²) in [7, 11) is 14.0. The number of benzene rings is 2. The van der Waals surface area contributed by atoms with Gasteiger partial charge in [-0.1, -0.05) is 0 Å². The van der Waals surface area contributed by atoms with Crippen LogP contribution in [0, 0.1) is 0 Å². The second-order valence-electron chi connectivity index (χ2n) is 3.76. The monoisotopic (exact) mass is 367 g/mol. The van der Waals surface area contributed by atoms with Gasteiger partial charge in [0.25, 0.3) is 0 Å². The molecule has 0 radical (unpaired) electrons. The predicted molar refractivity (Wildman–Crippen MR) is 77.8 cm³/mol. The molecule has 96 valence electrons. The summed E-state index contributed by atoms with van der Waals surface area (Å²) in [5.74, 6) is 0. The van der Waals surface area contributed by atoms with Crippen molar-refractivity contribution in [2.24, 2.45) is 0 Å². The fraction of sp³-hybridized carbons (Fsp3) is 0.0714. The van der Waals surface area contributed by atoms with Gasteiger partial charge in [-0.05, 0) is 0 Å². The average molecular weight is 367 g/mol. The molecule has 0 aliphatic carbocycles. The zero-order valence-corrected chi connectivity index (χ0v) is 13.1. The van der Waals surface area contributed by atoms with Crippen LogP contribution in [-0.4, -0.2) is 11.7 Å². The normalized spacial score (nSPS) is 10.9. The zero-order chi connectivity index (χ0) is 13.0. The minimum atomic E-state index is -1.81. The second-order valence-corrected chi connectivity index (χ2v) is 9.49. The van der Waals surface area contributed by atoms with Crippen LogP contribution >= 0.6 is 19.4 Å². The van der Waals surface area contributed by atoms with Crippen molar-refractivity contribution in [1.29, 1.82) is 0 Å². The van der Waals surface area contributed by atoms with Crippen molar-refractivity contribution in [1.82, 2.24) is 0 Å². The van der Waals surface area contributed by atoms with E-state index in [1.54, 1.807) is 0 Å². The molecule has 0 atom stereocenters. The topological polar surface area (TPSA) is 3.24 Å². The van der Waals surface area contributed by atoms with Crippen LogP contribution in [0.2, 0.25) is 0 Å². The van der Waals surface area contributed by atoms with E-state index in [-0.39, 0.29) is 0 Å². The Bertz CT molecular complexity index is 551. The fourth-order valence-corrected chi connectivity index (χ4v) is 3.57. The molecule has 0 aliphatic heterocycles. The van der Waals surface area contributed by atoms with Crippen LogP contribution in [0.4, 0.5) is 11.4 Å². The molecule has 1 nitrogen and oxygen atoms in total. The van der Waals surface area contributed by atoms with E-state index in [1.807, 2.05) is 48.1 Å². The van der Waals surface area contributed by atoms with E-state index in [1.165, 1.54) is 0 Å². The van der Waals surface area contributed by atoms with Crippen LogP contribution in [0.3, 0.4) is 0 Å². The average Bonchev–Trinajstić information content (AvgIpc) is 2.39. The molecule has 18 heavy (non-hydrogen) atoms. The number of para-hydroxylation sites is 2. The first-order valence-corrected chi connectivity index (χ1v) is 10.9. The summed E-state index contributed by atoms with van der Waals surface area (Å²) in [6.07, 6.45) is 0. The van der Waals surface area contributed by atoms with Crippen LogP contribution in [0.1, 0.15) is 5.56 Å². The van der Waals surface area contributed by atoms with E-state index in [2.05, 4.69) is 23.1 Å². The third-order valence-electron chi connectivity index (χ3n) is 2.63. The molecule has 0 saturated carbocycles. The van der Waals surface area contributed by atoms with Crippen molar-refractivity contribution in [3.05, 3.63) is 60.2 Å². The number of anilines is 2. The van der Waals surface area contributed by atoms with Crippen LogP contribution in [0.15, 0.2) is 54.6 Å². The summed E-state index contributed by atoms with van der Waals surface area (Å²) in [5, 5.41) is 0. The number of rotatable bonds is 3. The molecule has 2 aromatic rings. The third-order valence-corrected chi connectivity index (χ3v) is 4.46. The molecule has 2 aromatic carbocycles. The number of hydrogen-bond donors (Lipinski definition) is 0. The summed E-state index contributed by atoms with van der Waals surface area (Å²) in [6.45, 7) is 0. The first-order chi connectivity index (χ1) is 8.68. The molecule has 0 amide bonds. The van der Waals surface area contributed by atoms with Crippen molar-refractivity contribution in [3.8, 4) is 0 Å². The van der Waals surface area contributed by atoms with Crippen molar-refractivity contribution >= 4 is 35.4 Å². The molecule has 0 aromatic heterocycles. The molecule has 0 heterocycles. The summed E-state index contributed by atoms with van der Waals surface area (Å²) >= 11 is -1.81. The minimum absolute atomic E-state index is 1.09. The Kier molecular flexibility index (Phi) is 4.94. The molecular formula is C14H13Cl2NRu. The molecule has 0 unspecified atom stereocenters. The Hall–Kier alpha value is -0.687. The SMILES string of the molecule is CN(c1ccccc1)c1ccccc1[CH]=[Ru]([Cl])[Cl]. The van der Waals surface area contributed by atoms with Gasteiger partial charge in [-0.3, -0.25) is 0 Å². The van der Waals surface area contributed by atoms with E-state index in [0.717, 1.165) is 16.9 Å². The van der Waals surface area contributed by atoms with Crippen molar-refractivity contribution in [3.63, 3.8) is 0 Å². The number of halogens is 2. The van der Waals surface area contributed by atoms with Crippen molar-refractivity contribution in [2.45, 2.75) is 0 Å². The summed E-state index contributed by atoms with van der Waals surface area (Å²) < 4.78 is 1.97. The third kappa shape index (κ3) is 3.41. The Labute approximate surface area is 120 Å². The van der Waals surface area contributed by atoms with E-state index in [0.29, 0.717) is 0 Å². The first kappa shape index (κ1) is 13.7. The van der Waals surface area contributed by atoms with Crippen LogP contribution in [0.5, 0.6) is 0 Å². The number of nitrogens with zero attached hydrogens (tertiary/aromatic N) is 1. The zero-order valence-electron chi connectivity index (χ0n) is 9.83. The molecule has 0 spiro atoms. The molecule has 0 aliphatic rings. The maximum absolute atomic E-state index is 5.97. The Morgan fingerprint density at radius 3 is 2.22 bits per heavy atom. The van der Waals surface area contributed by atoms with E-state index < -0.39 is 13.5 Å². The molecule has 2 rings (SSSR count). The summed E-state index contributed by atoms with van der Waals surface area (Å²) in [4.78, 5) is 2.14. The van der Waals surface area contributed by atoms with E-state index in [9.17, 15) is 0 Å². The first-order valence-electron chi connectivity index (χ1n) is 5.39. The fourth-order valence-electron chi connectivity index (χ4n) is 1.75. The van der Waals surface area contributed by atoms with Gasteiger partial charge in [0.1, 0.15) is 0 Å². The molecule has 0 saturated heterocycles. The Balaban J connectivity index is 2.42. The number of hydrogen-bond acceptors (Lipinski definition) is 1. The Morgan fingerprint density at radius 1 is 0.944 bits per heavy atom. The van der Waals surface area contributed by atoms with Gasteiger partial charge >= 0.3 is 121 Å². The predicted octanol–water partition coefficient (Wildman–Crippen LogP) is 4.53. The Morgan fingerprint density at radius 2 is 1.56 bits per heavy atom. The van der Waals surface area contributed by atoms with Gasteiger partial charge in [-0.15, -0.1) is 0 Å². The van der Waals surface area contributed by atoms with Gasteiger partial charge in [0.05, 0.1) is 0 Å². The van der Waals surface area contributed by atoms with Gasteiger partial charge in [0, 0.05) is 0 Å². The van der Waals surface area contributed by atoms with Crippen LogP contribution in [-0.2, 0) is 13.5 Å². The van der Waals surface area contributed by atoms with Gasteiger partial charge in [-0.25, -0.2) is 0 Å².